The largest absolute Gasteiger partial charge is 0.381 e. The van der Waals surface area contributed by atoms with Crippen LogP contribution in [0.3, 0.4) is 0 Å². The Balaban J connectivity index is 1.67. The molecule has 2 atom stereocenters. The molecule has 2 amide bonds. The monoisotopic (exact) mass is 170 g/mol. The Morgan fingerprint density at radius 3 is 2.75 bits per heavy atom. The zero-order chi connectivity index (χ0) is 8.55. The van der Waals surface area contributed by atoms with Gasteiger partial charge in [-0.25, -0.2) is 4.79 Å². The number of amides is 2. The van der Waals surface area contributed by atoms with E-state index in [4.69, 9.17) is 4.74 Å². The fourth-order valence-electron chi connectivity index (χ4n) is 1.96. The van der Waals surface area contributed by atoms with Crippen LogP contribution in [0.25, 0.3) is 0 Å². The molecular formula is C8H14N2O2. The van der Waals surface area contributed by atoms with Gasteiger partial charge in [0.1, 0.15) is 0 Å². The van der Waals surface area contributed by atoms with Crippen molar-refractivity contribution < 1.29 is 9.53 Å². The number of ether oxygens (including phenoxy) is 1. The van der Waals surface area contributed by atoms with Crippen molar-refractivity contribution in [1.29, 1.82) is 0 Å². The third-order valence-corrected chi connectivity index (χ3v) is 2.85. The van der Waals surface area contributed by atoms with Gasteiger partial charge in [-0.1, -0.05) is 0 Å². The molecule has 2 fully saturated rings. The lowest BCUT2D eigenvalue weighted by Crippen LogP contribution is -2.34. The summed E-state index contributed by atoms with van der Waals surface area (Å²) in [6.07, 6.45) is 0. The molecule has 1 heterocycles. The fourth-order valence-corrected chi connectivity index (χ4v) is 1.96. The predicted octanol–water partition coefficient (Wildman–Crippen LogP) is -0.192. The van der Waals surface area contributed by atoms with E-state index in [0.29, 0.717) is 5.92 Å². The number of hydrogen-bond donors (Lipinski definition) is 2. The summed E-state index contributed by atoms with van der Waals surface area (Å²) in [6.45, 7) is 2.59. The second kappa shape index (κ2) is 2.94. The first kappa shape index (κ1) is 7.86. The maximum Gasteiger partial charge on any atom is 0.314 e. The van der Waals surface area contributed by atoms with Crippen molar-refractivity contribution >= 4 is 6.03 Å². The number of hydrogen-bond acceptors (Lipinski definition) is 2. The van der Waals surface area contributed by atoms with Gasteiger partial charge >= 0.3 is 6.03 Å². The minimum absolute atomic E-state index is 0.0825. The van der Waals surface area contributed by atoms with Gasteiger partial charge in [0.2, 0.25) is 0 Å². The van der Waals surface area contributed by atoms with Crippen LogP contribution in [0.5, 0.6) is 0 Å². The van der Waals surface area contributed by atoms with Crippen LogP contribution in [0, 0.1) is 17.8 Å². The fraction of sp³-hybridized carbons (Fsp3) is 0.875. The van der Waals surface area contributed by atoms with Crippen LogP contribution in [-0.2, 0) is 4.74 Å². The van der Waals surface area contributed by atoms with Crippen LogP contribution in [0.1, 0.15) is 0 Å². The molecule has 4 nitrogen and oxygen atoms in total. The van der Waals surface area contributed by atoms with Gasteiger partial charge in [0.15, 0.2) is 0 Å². The van der Waals surface area contributed by atoms with E-state index in [-0.39, 0.29) is 6.03 Å². The average Bonchev–Trinajstić information content (AvgIpc) is 2.55. The van der Waals surface area contributed by atoms with Gasteiger partial charge in [-0.05, 0) is 17.8 Å². The first-order chi connectivity index (χ1) is 5.83. The first-order valence-corrected chi connectivity index (χ1v) is 4.36. The van der Waals surface area contributed by atoms with Crippen molar-refractivity contribution in [2.75, 3.05) is 26.8 Å². The molecule has 4 heteroatoms. The van der Waals surface area contributed by atoms with Gasteiger partial charge in [-0.2, -0.15) is 0 Å². The van der Waals surface area contributed by atoms with E-state index < -0.39 is 0 Å². The molecule has 68 valence electrons. The van der Waals surface area contributed by atoms with Crippen LogP contribution >= 0.6 is 0 Å². The number of fused-ring (bicyclic) bond motifs is 1. The number of nitrogens with one attached hydrogen (secondary N) is 2. The Morgan fingerprint density at radius 2 is 2.17 bits per heavy atom. The van der Waals surface area contributed by atoms with Crippen molar-refractivity contribution in [3.8, 4) is 0 Å². The molecule has 2 unspecified atom stereocenters. The molecule has 0 aromatic heterocycles. The lowest BCUT2D eigenvalue weighted by atomic mass is 10.3. The summed E-state index contributed by atoms with van der Waals surface area (Å²) in [5.74, 6) is 2.13. The summed E-state index contributed by atoms with van der Waals surface area (Å²) in [7, 11) is 1.63. The summed E-state index contributed by atoms with van der Waals surface area (Å²) in [5.41, 5.74) is 0. The Bertz CT molecular complexity index is 185. The van der Waals surface area contributed by atoms with E-state index in [2.05, 4.69) is 10.6 Å². The number of carbonyl (C=O) groups is 1. The average molecular weight is 170 g/mol. The van der Waals surface area contributed by atoms with E-state index in [1.54, 1.807) is 7.05 Å². The molecule has 0 bridgehead atoms. The quantitative estimate of drug-likeness (QED) is 0.603. The molecule has 0 aromatic carbocycles. The summed E-state index contributed by atoms with van der Waals surface area (Å²) in [4.78, 5) is 10.8. The minimum atomic E-state index is -0.0825. The molecule has 2 aliphatic rings. The molecule has 1 saturated carbocycles. The molecule has 2 N–H and O–H groups in total. The molecule has 0 radical (unpaired) electrons. The molecule has 1 aliphatic heterocycles. The summed E-state index contributed by atoms with van der Waals surface area (Å²) < 4.78 is 5.24. The Labute approximate surface area is 71.7 Å². The summed E-state index contributed by atoms with van der Waals surface area (Å²) in [5, 5.41) is 5.35. The van der Waals surface area contributed by atoms with E-state index in [0.717, 1.165) is 31.6 Å². The van der Waals surface area contributed by atoms with Crippen molar-refractivity contribution in [3.63, 3.8) is 0 Å². The predicted molar refractivity (Wildman–Crippen MR) is 43.7 cm³/mol. The van der Waals surface area contributed by atoms with E-state index in [9.17, 15) is 4.79 Å². The van der Waals surface area contributed by atoms with Crippen LogP contribution in [-0.4, -0.2) is 32.8 Å². The van der Waals surface area contributed by atoms with E-state index in [1.165, 1.54) is 0 Å². The van der Waals surface area contributed by atoms with E-state index in [1.807, 2.05) is 0 Å². The Hall–Kier alpha value is -0.770. The van der Waals surface area contributed by atoms with Crippen molar-refractivity contribution in [2.45, 2.75) is 0 Å². The molecule has 1 aliphatic carbocycles. The van der Waals surface area contributed by atoms with Crippen LogP contribution < -0.4 is 10.6 Å². The molecule has 2 rings (SSSR count). The lowest BCUT2D eigenvalue weighted by Gasteiger charge is -2.05. The molecule has 1 saturated heterocycles. The van der Waals surface area contributed by atoms with Crippen LogP contribution in [0.4, 0.5) is 4.79 Å². The first-order valence-electron chi connectivity index (χ1n) is 4.36. The van der Waals surface area contributed by atoms with Gasteiger partial charge in [0.05, 0.1) is 13.2 Å². The van der Waals surface area contributed by atoms with Gasteiger partial charge < -0.3 is 15.4 Å². The standard InChI is InChI=1S/C8H14N2O2/c1-9-8(11)10-2-5-6-3-12-4-7(5)6/h5-7H,2-4H2,1H3,(H2,9,10,11). The van der Waals surface area contributed by atoms with Crippen LogP contribution in [0.2, 0.25) is 0 Å². The third-order valence-electron chi connectivity index (χ3n) is 2.85. The molecule has 0 aromatic rings. The Kier molecular flexibility index (Phi) is 1.92. The van der Waals surface area contributed by atoms with Gasteiger partial charge in [-0.3, -0.25) is 0 Å². The smallest absolute Gasteiger partial charge is 0.314 e. The lowest BCUT2D eigenvalue weighted by molar-refractivity contribution is 0.151. The second-order valence-electron chi connectivity index (χ2n) is 3.49. The minimum Gasteiger partial charge on any atom is -0.381 e. The Morgan fingerprint density at radius 1 is 1.50 bits per heavy atom. The highest BCUT2D eigenvalue weighted by Crippen LogP contribution is 2.50. The highest BCUT2D eigenvalue weighted by atomic mass is 16.5. The maximum atomic E-state index is 10.8. The number of rotatable bonds is 2. The third kappa shape index (κ3) is 1.27. The van der Waals surface area contributed by atoms with Crippen molar-refractivity contribution in [3.05, 3.63) is 0 Å². The molecule has 0 spiro atoms. The maximum absolute atomic E-state index is 10.8. The molecular weight excluding hydrogens is 156 g/mol. The van der Waals surface area contributed by atoms with E-state index >= 15 is 0 Å². The topological polar surface area (TPSA) is 50.4 Å². The second-order valence-corrected chi connectivity index (χ2v) is 3.49. The zero-order valence-corrected chi connectivity index (χ0v) is 7.17. The SMILES string of the molecule is CNC(=O)NCC1C2COCC12. The summed E-state index contributed by atoms with van der Waals surface area (Å²) in [6, 6.07) is -0.0825. The normalized spacial score (nSPS) is 37.2. The van der Waals surface area contributed by atoms with Crippen LogP contribution in [0.15, 0.2) is 0 Å². The molecule has 12 heavy (non-hydrogen) atoms. The van der Waals surface area contributed by atoms with Gasteiger partial charge in [0, 0.05) is 13.6 Å². The van der Waals surface area contributed by atoms with Crippen molar-refractivity contribution in [2.24, 2.45) is 17.8 Å². The number of urea groups is 1. The summed E-state index contributed by atoms with van der Waals surface area (Å²) >= 11 is 0. The van der Waals surface area contributed by atoms with Gasteiger partial charge in [0.25, 0.3) is 0 Å². The highest BCUT2D eigenvalue weighted by molar-refractivity contribution is 5.73. The highest BCUT2D eigenvalue weighted by Gasteiger charge is 2.53. The zero-order valence-electron chi connectivity index (χ0n) is 7.17. The van der Waals surface area contributed by atoms with Gasteiger partial charge in [-0.15, -0.1) is 0 Å². The number of carbonyl (C=O) groups excluding carboxylic acids is 1. The van der Waals surface area contributed by atoms with Crippen molar-refractivity contribution in [1.82, 2.24) is 10.6 Å².